The molecule has 0 bridgehead atoms. The summed E-state index contributed by atoms with van der Waals surface area (Å²) in [4.78, 5) is 46.3. The van der Waals surface area contributed by atoms with E-state index in [1.54, 1.807) is 0 Å². The summed E-state index contributed by atoms with van der Waals surface area (Å²) in [5, 5.41) is 1.92. The van der Waals surface area contributed by atoms with Gasteiger partial charge in [0.15, 0.2) is 18.0 Å². The molecule has 1 fully saturated rings. The number of anilines is 1. The summed E-state index contributed by atoms with van der Waals surface area (Å²) in [7, 11) is 1.28. The first-order valence-electron chi connectivity index (χ1n) is 9.50. The van der Waals surface area contributed by atoms with Crippen LogP contribution in [-0.4, -0.2) is 50.9 Å². The monoisotopic (exact) mass is 447 g/mol. The molecule has 11 nitrogen and oxygen atoms in total. The van der Waals surface area contributed by atoms with Crippen molar-refractivity contribution in [2.75, 3.05) is 19.5 Å². The molecule has 0 saturated carbocycles. The third-order valence-electron chi connectivity index (χ3n) is 5.06. The number of nitrogens with two attached hydrogens (primary N) is 1. The van der Waals surface area contributed by atoms with E-state index >= 15 is 0 Å². The minimum atomic E-state index is -0.979. The van der Waals surface area contributed by atoms with Gasteiger partial charge in [0.25, 0.3) is 0 Å². The molecule has 3 aromatic rings. The Morgan fingerprint density at radius 3 is 2.90 bits per heavy atom. The van der Waals surface area contributed by atoms with Crippen LogP contribution in [0.2, 0.25) is 0 Å². The Kier molecular flexibility index (Phi) is 5.74. The first-order valence-corrected chi connectivity index (χ1v) is 10.4. The lowest BCUT2D eigenvalue weighted by Gasteiger charge is -2.22. The summed E-state index contributed by atoms with van der Waals surface area (Å²) in [6.07, 6.45) is -0.408. The highest BCUT2D eigenvalue weighted by atomic mass is 32.1. The highest BCUT2D eigenvalue weighted by Crippen LogP contribution is 2.34. The fraction of sp³-hybridized carbons (Fsp3) is 0.421. The van der Waals surface area contributed by atoms with E-state index in [4.69, 9.17) is 19.9 Å². The van der Waals surface area contributed by atoms with Gasteiger partial charge in [-0.15, -0.1) is 11.3 Å². The number of carbonyl (C=O) groups is 2. The van der Waals surface area contributed by atoms with Crippen LogP contribution in [0.5, 0.6) is 0 Å². The van der Waals surface area contributed by atoms with Gasteiger partial charge in [0.2, 0.25) is 5.95 Å². The van der Waals surface area contributed by atoms with Crippen molar-refractivity contribution in [2.45, 2.75) is 32.2 Å². The number of esters is 2. The maximum absolute atomic E-state index is 13.4. The number of aromatic nitrogens is 4. The van der Waals surface area contributed by atoms with Gasteiger partial charge >= 0.3 is 17.6 Å². The van der Waals surface area contributed by atoms with Crippen LogP contribution in [-0.2, 0) is 30.3 Å². The van der Waals surface area contributed by atoms with Crippen molar-refractivity contribution in [1.29, 1.82) is 0 Å². The van der Waals surface area contributed by atoms with Gasteiger partial charge in [0, 0.05) is 17.7 Å². The van der Waals surface area contributed by atoms with Gasteiger partial charge in [0.1, 0.15) is 5.52 Å². The summed E-state index contributed by atoms with van der Waals surface area (Å²) < 4.78 is 18.9. The lowest BCUT2D eigenvalue weighted by Crippen LogP contribution is -2.36. The molecule has 0 radical (unpaired) electrons. The van der Waals surface area contributed by atoms with Gasteiger partial charge in [0.05, 0.1) is 32.9 Å². The van der Waals surface area contributed by atoms with E-state index in [0.29, 0.717) is 12.1 Å². The summed E-state index contributed by atoms with van der Waals surface area (Å²) in [5.74, 6) is -1.52. The Morgan fingerprint density at radius 2 is 2.23 bits per heavy atom. The van der Waals surface area contributed by atoms with E-state index in [1.807, 2.05) is 17.5 Å². The molecule has 1 unspecified atom stereocenters. The number of nitrogens with zero attached hydrogens (tertiary/aromatic N) is 4. The van der Waals surface area contributed by atoms with Gasteiger partial charge in [-0.25, -0.2) is 14.3 Å². The summed E-state index contributed by atoms with van der Waals surface area (Å²) in [6.45, 7) is 1.67. The minimum absolute atomic E-state index is 0.0114. The normalized spacial score (nSPS) is 20.8. The zero-order chi connectivity index (χ0) is 22.1. The van der Waals surface area contributed by atoms with E-state index < -0.39 is 35.9 Å². The Bertz CT molecular complexity index is 1170. The molecule has 0 amide bonds. The van der Waals surface area contributed by atoms with E-state index in [0.717, 1.165) is 4.88 Å². The van der Waals surface area contributed by atoms with Crippen LogP contribution in [0.15, 0.2) is 28.5 Å². The zero-order valence-corrected chi connectivity index (χ0v) is 17.7. The lowest BCUT2D eigenvalue weighted by atomic mass is 10.0. The first kappa shape index (κ1) is 21.0. The summed E-state index contributed by atoms with van der Waals surface area (Å²) >= 11 is 1.51. The lowest BCUT2D eigenvalue weighted by molar-refractivity contribution is -0.156. The third kappa shape index (κ3) is 4.03. The van der Waals surface area contributed by atoms with Crippen molar-refractivity contribution in [2.24, 2.45) is 5.92 Å². The molecule has 31 heavy (non-hydrogen) atoms. The van der Waals surface area contributed by atoms with Crippen molar-refractivity contribution in [3.63, 3.8) is 0 Å². The smallest absolute Gasteiger partial charge is 0.333 e. The molecule has 0 aromatic carbocycles. The quantitative estimate of drug-likeness (QED) is 0.546. The van der Waals surface area contributed by atoms with Crippen LogP contribution in [0, 0.1) is 5.92 Å². The average molecular weight is 447 g/mol. The fourth-order valence-electron chi connectivity index (χ4n) is 3.70. The number of methoxy groups -OCH3 is 1. The topological polar surface area (TPSA) is 141 Å². The Balaban J connectivity index is 1.81. The average Bonchev–Trinajstić information content (AvgIpc) is 3.43. The molecule has 164 valence electrons. The van der Waals surface area contributed by atoms with Gasteiger partial charge in [-0.3, -0.25) is 14.2 Å². The molecular formula is C19H21N5O6S. The maximum Gasteiger partial charge on any atom is 0.333 e. The van der Waals surface area contributed by atoms with Crippen molar-refractivity contribution in [3.05, 3.63) is 39.1 Å². The number of nitrogen functional groups attached to an aromatic ring is 1. The highest BCUT2D eigenvalue weighted by molar-refractivity contribution is 7.09. The Hall–Kier alpha value is -3.25. The first-order chi connectivity index (χ1) is 14.9. The number of carbonyl (C=O) groups excluding carboxylic acids is 2. The van der Waals surface area contributed by atoms with E-state index in [1.165, 1.54) is 40.7 Å². The maximum atomic E-state index is 13.4. The molecule has 3 aromatic heterocycles. The zero-order valence-electron chi connectivity index (χ0n) is 16.9. The number of ether oxygens (including phenoxy) is 3. The largest absolute Gasteiger partial charge is 0.469 e. The van der Waals surface area contributed by atoms with Crippen molar-refractivity contribution >= 4 is 40.4 Å². The van der Waals surface area contributed by atoms with Crippen LogP contribution >= 0.6 is 11.3 Å². The second-order valence-corrected chi connectivity index (χ2v) is 8.13. The molecule has 0 spiro atoms. The number of hydrogen-bond donors (Lipinski definition) is 1. The number of imidazole rings is 1. The molecule has 1 saturated heterocycles. The molecule has 1 aliphatic rings. The number of rotatable bonds is 6. The predicted molar refractivity (Wildman–Crippen MR) is 110 cm³/mol. The minimum Gasteiger partial charge on any atom is -0.469 e. The van der Waals surface area contributed by atoms with Crippen molar-refractivity contribution < 1.29 is 23.8 Å². The molecule has 2 N–H and O–H groups in total. The highest BCUT2D eigenvalue weighted by Gasteiger charge is 2.44. The molecule has 12 heteroatoms. The van der Waals surface area contributed by atoms with Gasteiger partial charge < -0.3 is 19.9 Å². The third-order valence-corrected chi connectivity index (χ3v) is 5.92. The van der Waals surface area contributed by atoms with Gasteiger partial charge in [-0.2, -0.15) is 4.98 Å². The van der Waals surface area contributed by atoms with Crippen LogP contribution in [0.3, 0.4) is 0 Å². The van der Waals surface area contributed by atoms with Gasteiger partial charge in [-0.1, -0.05) is 6.07 Å². The number of fused-ring (bicyclic) bond motifs is 1. The molecule has 0 aliphatic carbocycles. The number of hydrogen-bond acceptors (Lipinski definition) is 10. The molecule has 4 heterocycles. The molecule has 4 rings (SSSR count). The standard InChI is InChI=1S/C19H21N5O6S/c1-10(25)30-15-11(6-14(26)28-2)9-29-17(15)24-16-13(7-21-18(20)22-16)23(19(24)27)8-12-4-3-5-31-12/h3-5,7,11,15,17H,6,8-9H2,1-2H3,(H2,20,21,22)/t11?,15-,17-/m1/s1. The number of thiophene rings is 1. The summed E-state index contributed by atoms with van der Waals surface area (Å²) in [6, 6.07) is 3.81. The van der Waals surface area contributed by atoms with Crippen molar-refractivity contribution in [1.82, 2.24) is 19.1 Å². The van der Waals surface area contributed by atoms with Crippen LogP contribution in [0.25, 0.3) is 11.2 Å². The van der Waals surface area contributed by atoms with Crippen molar-refractivity contribution in [3.8, 4) is 0 Å². The predicted octanol–water partition coefficient (Wildman–Crippen LogP) is 0.925. The Morgan fingerprint density at radius 1 is 1.42 bits per heavy atom. The molecule has 3 atom stereocenters. The van der Waals surface area contributed by atoms with E-state index in [2.05, 4.69) is 9.97 Å². The SMILES string of the molecule is COC(=O)CC1CO[C@@H](n2c(=O)n(Cc3cccs3)c3cnc(N)nc32)[C@@H]1OC(C)=O. The van der Waals surface area contributed by atoms with E-state index in [-0.39, 0.29) is 24.6 Å². The van der Waals surface area contributed by atoms with Crippen LogP contribution in [0.1, 0.15) is 24.4 Å². The van der Waals surface area contributed by atoms with Crippen LogP contribution in [0.4, 0.5) is 5.95 Å². The van der Waals surface area contributed by atoms with E-state index in [9.17, 15) is 14.4 Å². The molecule has 1 aliphatic heterocycles. The fourth-order valence-corrected chi connectivity index (χ4v) is 4.39. The second-order valence-electron chi connectivity index (χ2n) is 7.09. The molecular weight excluding hydrogens is 426 g/mol. The Labute approximate surface area is 180 Å². The van der Waals surface area contributed by atoms with Gasteiger partial charge in [-0.05, 0) is 11.4 Å². The second kappa shape index (κ2) is 8.47. The van der Waals surface area contributed by atoms with Crippen LogP contribution < -0.4 is 11.4 Å². The summed E-state index contributed by atoms with van der Waals surface area (Å²) in [5.41, 5.74) is 6.09.